The molecule has 2 heterocycles. The van der Waals surface area contributed by atoms with E-state index < -0.39 is 0 Å². The third-order valence-corrected chi connectivity index (χ3v) is 3.99. The largest absolute Gasteiger partial charge is 0.493 e. The Bertz CT molecular complexity index is 651. The Morgan fingerprint density at radius 3 is 3.14 bits per heavy atom. The van der Waals surface area contributed by atoms with Gasteiger partial charge in [-0.3, -0.25) is 4.79 Å². The Hall–Kier alpha value is -2.30. The summed E-state index contributed by atoms with van der Waals surface area (Å²) in [7, 11) is 0. The first-order valence-corrected chi connectivity index (χ1v) is 7.69. The number of nitrogens with zero attached hydrogens (tertiary/aromatic N) is 1. The van der Waals surface area contributed by atoms with Crippen LogP contribution in [-0.4, -0.2) is 24.0 Å². The van der Waals surface area contributed by atoms with E-state index in [1.807, 2.05) is 25.1 Å². The number of nitrogens with one attached hydrogen (secondary N) is 1. The molecule has 1 N–H and O–H groups in total. The van der Waals surface area contributed by atoms with Crippen LogP contribution < -0.4 is 10.1 Å². The Kier molecular flexibility index (Phi) is 4.42. The summed E-state index contributed by atoms with van der Waals surface area (Å²) in [6, 6.07) is 8.09. The van der Waals surface area contributed by atoms with Crippen molar-refractivity contribution >= 4 is 5.91 Å². The highest BCUT2D eigenvalue weighted by molar-refractivity contribution is 5.93. The lowest BCUT2D eigenvalue weighted by atomic mass is 9.97. The number of fused-ring (bicyclic) bond motifs is 1. The minimum Gasteiger partial charge on any atom is -0.493 e. The molecule has 0 saturated carbocycles. The molecule has 0 aliphatic carbocycles. The van der Waals surface area contributed by atoms with E-state index >= 15 is 0 Å². The molecule has 1 aromatic heterocycles. The van der Waals surface area contributed by atoms with Gasteiger partial charge in [0, 0.05) is 13.0 Å². The molecular weight excluding hydrogens is 280 g/mol. The monoisotopic (exact) mass is 300 g/mol. The predicted octanol–water partition coefficient (Wildman–Crippen LogP) is 2.61. The molecule has 22 heavy (non-hydrogen) atoms. The summed E-state index contributed by atoms with van der Waals surface area (Å²) in [5, 5.41) is 2.97. The first-order chi connectivity index (χ1) is 10.8. The number of rotatable bonds is 4. The van der Waals surface area contributed by atoms with E-state index in [9.17, 15) is 4.79 Å². The van der Waals surface area contributed by atoms with Crippen molar-refractivity contribution in [3.05, 3.63) is 47.7 Å². The number of aryl methyl sites for hydroxylation is 1. The zero-order chi connectivity index (χ0) is 15.4. The Morgan fingerprint density at radius 2 is 2.27 bits per heavy atom. The van der Waals surface area contributed by atoms with Crippen LogP contribution >= 0.6 is 0 Å². The molecule has 1 aromatic carbocycles. The summed E-state index contributed by atoms with van der Waals surface area (Å²) >= 11 is 0. The fourth-order valence-electron chi connectivity index (χ4n) is 2.76. The Morgan fingerprint density at radius 1 is 1.41 bits per heavy atom. The normalized spacial score (nSPS) is 17.2. The maximum atomic E-state index is 12.2. The van der Waals surface area contributed by atoms with Crippen molar-refractivity contribution in [1.29, 1.82) is 0 Å². The Balaban J connectivity index is 1.61. The van der Waals surface area contributed by atoms with Crippen molar-refractivity contribution in [2.75, 3.05) is 13.2 Å². The fraction of sp³-hybridized carbons (Fsp3) is 0.412. The molecule has 1 aliphatic rings. The lowest BCUT2D eigenvalue weighted by Gasteiger charge is -2.14. The molecule has 5 nitrogen and oxygen atoms in total. The van der Waals surface area contributed by atoms with Crippen molar-refractivity contribution in [1.82, 2.24) is 10.3 Å². The highest BCUT2D eigenvalue weighted by Gasteiger charge is 2.20. The van der Waals surface area contributed by atoms with Gasteiger partial charge in [0.15, 0.2) is 12.1 Å². The average Bonchev–Trinajstić information content (AvgIpc) is 2.92. The van der Waals surface area contributed by atoms with Crippen LogP contribution in [0.4, 0.5) is 0 Å². The highest BCUT2D eigenvalue weighted by Crippen LogP contribution is 2.26. The van der Waals surface area contributed by atoms with Gasteiger partial charge in [0.1, 0.15) is 11.5 Å². The number of carbonyl (C=O) groups excluding carboxylic acids is 1. The molecule has 1 aliphatic heterocycles. The molecule has 0 fully saturated rings. The summed E-state index contributed by atoms with van der Waals surface area (Å²) in [4.78, 5) is 16.2. The van der Waals surface area contributed by atoms with E-state index in [0.29, 0.717) is 36.9 Å². The maximum Gasteiger partial charge on any atom is 0.273 e. The topological polar surface area (TPSA) is 64.4 Å². The number of oxazole rings is 1. The van der Waals surface area contributed by atoms with Gasteiger partial charge in [-0.15, -0.1) is 0 Å². The molecule has 1 atom stereocenters. The molecule has 0 unspecified atom stereocenters. The Labute approximate surface area is 129 Å². The lowest BCUT2D eigenvalue weighted by Crippen LogP contribution is -2.31. The molecule has 116 valence electrons. The third-order valence-electron chi connectivity index (χ3n) is 3.99. The van der Waals surface area contributed by atoms with Gasteiger partial charge in [-0.1, -0.05) is 25.1 Å². The van der Waals surface area contributed by atoms with Gasteiger partial charge in [0.25, 0.3) is 5.91 Å². The van der Waals surface area contributed by atoms with Gasteiger partial charge >= 0.3 is 0 Å². The van der Waals surface area contributed by atoms with Crippen molar-refractivity contribution < 1.29 is 13.9 Å². The molecule has 0 spiro atoms. The SMILES string of the molecule is CCc1ocnc1C(=O)NC[C@H]1CCOc2ccccc2C1. The summed E-state index contributed by atoms with van der Waals surface area (Å²) in [5.74, 6) is 1.79. The van der Waals surface area contributed by atoms with Gasteiger partial charge in [0.2, 0.25) is 0 Å². The molecular formula is C17H20N2O3. The van der Waals surface area contributed by atoms with Crippen LogP contribution in [0.15, 0.2) is 35.1 Å². The van der Waals surface area contributed by atoms with E-state index in [0.717, 1.165) is 18.6 Å². The van der Waals surface area contributed by atoms with Crippen molar-refractivity contribution in [3.63, 3.8) is 0 Å². The number of aromatic nitrogens is 1. The second kappa shape index (κ2) is 6.64. The number of carbonyl (C=O) groups is 1. The minimum absolute atomic E-state index is 0.163. The second-order valence-electron chi connectivity index (χ2n) is 5.50. The summed E-state index contributed by atoms with van der Waals surface area (Å²) in [6.07, 6.45) is 3.82. The first-order valence-electron chi connectivity index (χ1n) is 7.69. The van der Waals surface area contributed by atoms with E-state index in [-0.39, 0.29) is 5.91 Å². The minimum atomic E-state index is -0.163. The van der Waals surface area contributed by atoms with Crippen LogP contribution in [0.1, 0.15) is 35.2 Å². The maximum absolute atomic E-state index is 12.2. The number of ether oxygens (including phenoxy) is 1. The van der Waals surface area contributed by atoms with E-state index in [1.165, 1.54) is 12.0 Å². The predicted molar refractivity (Wildman–Crippen MR) is 82.0 cm³/mol. The van der Waals surface area contributed by atoms with Crippen LogP contribution in [0.5, 0.6) is 5.75 Å². The average molecular weight is 300 g/mol. The third kappa shape index (κ3) is 3.13. The number of benzene rings is 1. The summed E-state index contributed by atoms with van der Waals surface area (Å²) in [6.45, 7) is 3.24. The molecule has 1 amide bonds. The molecule has 3 rings (SSSR count). The number of para-hydroxylation sites is 1. The molecule has 2 aromatic rings. The van der Waals surface area contributed by atoms with Crippen LogP contribution in [0.3, 0.4) is 0 Å². The zero-order valence-electron chi connectivity index (χ0n) is 12.7. The van der Waals surface area contributed by atoms with Crippen molar-refractivity contribution in [2.45, 2.75) is 26.2 Å². The van der Waals surface area contributed by atoms with Crippen molar-refractivity contribution in [2.24, 2.45) is 5.92 Å². The standard InChI is InChI=1S/C17H20N2O3/c1-2-14-16(19-11-22-14)17(20)18-10-12-7-8-21-15-6-4-3-5-13(15)9-12/h3-6,11-12H,2,7-10H2,1H3,(H,18,20)/t12-/m0/s1. The first kappa shape index (κ1) is 14.6. The van der Waals surface area contributed by atoms with Crippen LogP contribution in [-0.2, 0) is 12.8 Å². The molecule has 5 heteroatoms. The number of hydrogen-bond donors (Lipinski definition) is 1. The van der Waals surface area contributed by atoms with Gasteiger partial charge in [0.05, 0.1) is 6.61 Å². The van der Waals surface area contributed by atoms with Crippen LogP contribution in [0.2, 0.25) is 0 Å². The van der Waals surface area contributed by atoms with Gasteiger partial charge < -0.3 is 14.5 Å². The second-order valence-corrected chi connectivity index (χ2v) is 5.50. The van der Waals surface area contributed by atoms with Gasteiger partial charge in [-0.05, 0) is 30.4 Å². The molecule has 0 saturated heterocycles. The highest BCUT2D eigenvalue weighted by atomic mass is 16.5. The number of amides is 1. The summed E-state index contributed by atoms with van der Waals surface area (Å²) in [5.41, 5.74) is 1.60. The number of hydrogen-bond acceptors (Lipinski definition) is 4. The van der Waals surface area contributed by atoms with Gasteiger partial charge in [-0.2, -0.15) is 0 Å². The van der Waals surface area contributed by atoms with E-state index in [2.05, 4.69) is 16.4 Å². The quantitative estimate of drug-likeness (QED) is 0.942. The van der Waals surface area contributed by atoms with E-state index in [4.69, 9.17) is 9.15 Å². The fourth-order valence-corrected chi connectivity index (χ4v) is 2.76. The van der Waals surface area contributed by atoms with Crippen LogP contribution in [0, 0.1) is 5.92 Å². The molecule has 0 bridgehead atoms. The van der Waals surface area contributed by atoms with Gasteiger partial charge in [-0.25, -0.2) is 4.98 Å². The van der Waals surface area contributed by atoms with E-state index in [1.54, 1.807) is 0 Å². The zero-order valence-corrected chi connectivity index (χ0v) is 12.7. The van der Waals surface area contributed by atoms with Crippen LogP contribution in [0.25, 0.3) is 0 Å². The lowest BCUT2D eigenvalue weighted by molar-refractivity contribution is 0.0939. The summed E-state index contributed by atoms with van der Waals surface area (Å²) < 4.78 is 11.0. The smallest absolute Gasteiger partial charge is 0.273 e. The van der Waals surface area contributed by atoms with Crippen molar-refractivity contribution in [3.8, 4) is 5.75 Å². The molecule has 0 radical (unpaired) electrons.